The van der Waals surface area contributed by atoms with E-state index in [0.717, 1.165) is 44.7 Å². The van der Waals surface area contributed by atoms with Crippen molar-refractivity contribution in [2.45, 2.75) is 24.8 Å². The fourth-order valence-electron chi connectivity index (χ4n) is 4.46. The van der Waals surface area contributed by atoms with Crippen LogP contribution < -0.4 is 0 Å². The molecule has 0 unspecified atom stereocenters. The minimum atomic E-state index is 0.669. The van der Waals surface area contributed by atoms with Gasteiger partial charge in [-0.2, -0.15) is 5.10 Å². The molecule has 2 heterocycles. The lowest BCUT2D eigenvalue weighted by Gasteiger charge is -2.12. The first-order valence-electron chi connectivity index (χ1n) is 12.7. The highest BCUT2D eigenvalue weighted by atomic mass is 35.5. The molecule has 192 valence electrons. The van der Waals surface area contributed by atoms with Crippen molar-refractivity contribution in [1.82, 2.24) is 24.5 Å². The summed E-state index contributed by atoms with van der Waals surface area (Å²) in [5.41, 5.74) is 8.59. The average Bonchev–Trinajstić information content (AvgIpc) is 3.59. The second-order valence-corrected chi connectivity index (χ2v) is 10.7. The summed E-state index contributed by atoms with van der Waals surface area (Å²) < 4.78 is 4.08. The Morgan fingerprint density at radius 2 is 1.44 bits per heavy atom. The zero-order chi connectivity index (χ0) is 26.8. The van der Waals surface area contributed by atoms with Crippen LogP contribution in [0.1, 0.15) is 16.7 Å². The normalized spacial score (nSPS) is 11.2. The molecular weight excluding hydrogens is 522 g/mol. The zero-order valence-corrected chi connectivity index (χ0v) is 23.2. The lowest BCUT2D eigenvalue weighted by atomic mass is 10.1. The first-order chi connectivity index (χ1) is 19.1. The van der Waals surface area contributed by atoms with Crippen LogP contribution in [0.4, 0.5) is 0 Å². The van der Waals surface area contributed by atoms with Gasteiger partial charge in [0.1, 0.15) is 0 Å². The fraction of sp³-hybridized carbons (Fsp3) is 0.0938. The number of nitrogens with zero attached hydrogens (tertiary/aromatic N) is 5. The summed E-state index contributed by atoms with van der Waals surface area (Å²) in [6.45, 7) is 4.26. The molecule has 0 aliphatic rings. The fourth-order valence-corrected chi connectivity index (χ4v) is 5.50. The summed E-state index contributed by atoms with van der Waals surface area (Å²) in [6.07, 6.45) is 2.10. The molecule has 4 aromatic carbocycles. The molecule has 0 atom stereocenters. The van der Waals surface area contributed by atoms with Gasteiger partial charge in [0.15, 0.2) is 11.0 Å². The highest BCUT2D eigenvalue weighted by Gasteiger charge is 2.19. The van der Waals surface area contributed by atoms with Crippen molar-refractivity contribution < 1.29 is 0 Å². The Bertz CT molecular complexity index is 1720. The summed E-state index contributed by atoms with van der Waals surface area (Å²) >= 11 is 7.83. The van der Waals surface area contributed by atoms with Gasteiger partial charge >= 0.3 is 0 Å². The van der Waals surface area contributed by atoms with E-state index in [1.54, 1.807) is 11.8 Å². The quantitative estimate of drug-likeness (QED) is 0.188. The molecule has 0 radical (unpaired) electrons. The van der Waals surface area contributed by atoms with Crippen molar-refractivity contribution in [3.63, 3.8) is 0 Å². The number of hydrogen-bond acceptors (Lipinski definition) is 4. The van der Waals surface area contributed by atoms with E-state index in [1.165, 1.54) is 11.1 Å². The average molecular weight is 548 g/mol. The highest BCUT2D eigenvalue weighted by molar-refractivity contribution is 7.98. The molecule has 6 aromatic rings. The Kier molecular flexibility index (Phi) is 7.05. The van der Waals surface area contributed by atoms with Gasteiger partial charge in [-0.05, 0) is 61.4 Å². The molecule has 2 aromatic heterocycles. The van der Waals surface area contributed by atoms with Crippen LogP contribution in [0, 0.1) is 13.8 Å². The standard InChI is InChI=1S/C32H26ClN5S/c1-22-13-18-29(19-23(22)2)38-31(25-9-5-3-6-10-25)34-35-32(38)39-21-26-20-37(28-11-7-4-8-12-28)36-30(26)24-14-16-27(33)17-15-24/h3-20H,21H2,1-2H3. The number of aromatic nitrogens is 5. The van der Waals surface area contributed by atoms with Crippen LogP contribution >= 0.6 is 23.4 Å². The van der Waals surface area contributed by atoms with Gasteiger partial charge in [-0.1, -0.05) is 90.1 Å². The van der Waals surface area contributed by atoms with E-state index in [9.17, 15) is 0 Å². The summed E-state index contributed by atoms with van der Waals surface area (Å²) in [4.78, 5) is 0. The number of thioether (sulfide) groups is 1. The van der Waals surface area contributed by atoms with Gasteiger partial charge in [0.2, 0.25) is 0 Å². The van der Waals surface area contributed by atoms with Gasteiger partial charge < -0.3 is 0 Å². The zero-order valence-electron chi connectivity index (χ0n) is 21.6. The van der Waals surface area contributed by atoms with E-state index in [1.807, 2.05) is 65.3 Å². The highest BCUT2D eigenvalue weighted by Crippen LogP contribution is 2.33. The second kappa shape index (κ2) is 10.9. The molecule has 0 spiro atoms. The van der Waals surface area contributed by atoms with E-state index in [-0.39, 0.29) is 0 Å². The van der Waals surface area contributed by atoms with Crippen molar-refractivity contribution >= 4 is 23.4 Å². The molecule has 0 fully saturated rings. The third-order valence-corrected chi connectivity index (χ3v) is 7.93. The van der Waals surface area contributed by atoms with Crippen LogP contribution in [0.2, 0.25) is 5.02 Å². The molecular formula is C32H26ClN5S. The Morgan fingerprint density at radius 3 is 2.15 bits per heavy atom. The van der Waals surface area contributed by atoms with Gasteiger partial charge in [-0.25, -0.2) is 4.68 Å². The van der Waals surface area contributed by atoms with Gasteiger partial charge in [0.05, 0.1) is 17.1 Å². The molecule has 0 N–H and O–H groups in total. The Hall–Kier alpha value is -4.13. The van der Waals surface area contributed by atoms with Crippen molar-refractivity contribution in [3.05, 3.63) is 131 Å². The van der Waals surface area contributed by atoms with Crippen molar-refractivity contribution in [1.29, 1.82) is 0 Å². The molecule has 6 rings (SSSR count). The molecule has 0 saturated carbocycles. The number of hydrogen-bond donors (Lipinski definition) is 0. The lowest BCUT2D eigenvalue weighted by Crippen LogP contribution is -2.01. The first kappa shape index (κ1) is 25.2. The van der Waals surface area contributed by atoms with Crippen molar-refractivity contribution in [3.8, 4) is 34.0 Å². The summed E-state index contributed by atoms with van der Waals surface area (Å²) in [7, 11) is 0. The third kappa shape index (κ3) is 5.26. The monoisotopic (exact) mass is 547 g/mol. The van der Waals surface area contributed by atoms with E-state index in [2.05, 4.69) is 77.3 Å². The Labute approximate surface area is 237 Å². The Balaban J connectivity index is 1.40. The van der Waals surface area contributed by atoms with Crippen LogP contribution in [0.3, 0.4) is 0 Å². The van der Waals surface area contributed by atoms with Gasteiger partial charge in [-0.3, -0.25) is 4.57 Å². The summed E-state index contributed by atoms with van der Waals surface area (Å²) in [6, 6.07) is 34.7. The number of rotatable bonds is 7. The molecule has 0 saturated heterocycles. The minimum Gasteiger partial charge on any atom is -0.270 e. The summed E-state index contributed by atoms with van der Waals surface area (Å²) in [5, 5.41) is 15.8. The third-order valence-electron chi connectivity index (χ3n) is 6.70. The number of aryl methyl sites for hydroxylation is 2. The summed E-state index contributed by atoms with van der Waals surface area (Å²) in [5.74, 6) is 1.49. The lowest BCUT2D eigenvalue weighted by molar-refractivity contribution is 0.882. The maximum atomic E-state index is 6.18. The molecule has 0 aliphatic heterocycles. The predicted octanol–water partition coefficient (Wildman–Crippen LogP) is 8.35. The van der Waals surface area contributed by atoms with Crippen molar-refractivity contribution in [2.24, 2.45) is 0 Å². The molecule has 7 heteroatoms. The maximum Gasteiger partial charge on any atom is 0.196 e. The van der Waals surface area contributed by atoms with Crippen LogP contribution in [0.15, 0.2) is 114 Å². The van der Waals surface area contributed by atoms with E-state index in [0.29, 0.717) is 10.8 Å². The van der Waals surface area contributed by atoms with Crippen LogP contribution in [-0.4, -0.2) is 24.5 Å². The predicted molar refractivity (Wildman–Crippen MR) is 160 cm³/mol. The van der Waals surface area contributed by atoms with E-state index < -0.39 is 0 Å². The minimum absolute atomic E-state index is 0.669. The SMILES string of the molecule is Cc1ccc(-n2c(SCc3cn(-c4ccccc4)nc3-c3ccc(Cl)cc3)nnc2-c2ccccc2)cc1C. The molecule has 5 nitrogen and oxygen atoms in total. The van der Waals surface area contributed by atoms with Gasteiger partial charge in [-0.15, -0.1) is 10.2 Å². The topological polar surface area (TPSA) is 48.5 Å². The number of halogens is 1. The van der Waals surface area contributed by atoms with Crippen molar-refractivity contribution in [2.75, 3.05) is 0 Å². The Morgan fingerprint density at radius 1 is 0.718 bits per heavy atom. The smallest absolute Gasteiger partial charge is 0.196 e. The van der Waals surface area contributed by atoms with E-state index in [4.69, 9.17) is 16.7 Å². The van der Waals surface area contributed by atoms with Crippen LogP contribution in [0.5, 0.6) is 0 Å². The molecule has 39 heavy (non-hydrogen) atoms. The second-order valence-electron chi connectivity index (χ2n) is 9.35. The first-order valence-corrected chi connectivity index (χ1v) is 14.0. The largest absolute Gasteiger partial charge is 0.270 e. The van der Waals surface area contributed by atoms with Crippen LogP contribution in [-0.2, 0) is 5.75 Å². The van der Waals surface area contributed by atoms with Gasteiger partial charge in [0.25, 0.3) is 0 Å². The number of para-hydroxylation sites is 1. The maximum absolute atomic E-state index is 6.18. The van der Waals surface area contributed by atoms with E-state index >= 15 is 0 Å². The van der Waals surface area contributed by atoms with Crippen LogP contribution in [0.25, 0.3) is 34.0 Å². The van der Waals surface area contributed by atoms with Gasteiger partial charge in [0, 0.05) is 33.7 Å². The number of benzene rings is 4. The molecule has 0 aliphatic carbocycles. The molecule has 0 bridgehead atoms. The molecule has 0 amide bonds.